The van der Waals surface area contributed by atoms with Crippen LogP contribution in [0.4, 0.5) is 8.78 Å². The maximum atomic E-state index is 13.1. The van der Waals surface area contributed by atoms with E-state index in [-0.39, 0.29) is 6.54 Å². The van der Waals surface area contributed by atoms with Crippen LogP contribution in [0.25, 0.3) is 0 Å². The molecule has 1 aromatic rings. The molecule has 0 aliphatic rings. The van der Waals surface area contributed by atoms with Gasteiger partial charge in [0.15, 0.2) is 0 Å². The molecule has 0 aliphatic heterocycles. The van der Waals surface area contributed by atoms with Crippen molar-refractivity contribution in [3.8, 4) is 5.75 Å². The molecule has 3 N–H and O–H groups in total. The van der Waals surface area contributed by atoms with Crippen LogP contribution in [0.15, 0.2) is 24.3 Å². The molecule has 0 amide bonds. The van der Waals surface area contributed by atoms with Gasteiger partial charge < -0.3 is 15.6 Å². The number of aliphatic hydroxyl groups is 1. The van der Waals surface area contributed by atoms with Crippen molar-refractivity contribution < 1.29 is 18.6 Å². The predicted octanol–water partition coefficient (Wildman–Crippen LogP) is 1.75. The number of nitrogens with two attached hydrogens (primary N) is 1. The van der Waals surface area contributed by atoms with Gasteiger partial charge >= 0.3 is 0 Å². The molecule has 3 nitrogen and oxygen atoms in total. The van der Waals surface area contributed by atoms with Gasteiger partial charge in [0.05, 0.1) is 7.11 Å². The molecule has 2 atom stereocenters. The number of methoxy groups -OCH3 is 1. The van der Waals surface area contributed by atoms with Crippen molar-refractivity contribution in [3.05, 3.63) is 29.8 Å². The van der Waals surface area contributed by atoms with Crippen LogP contribution in [0.2, 0.25) is 0 Å². The van der Waals surface area contributed by atoms with E-state index in [4.69, 9.17) is 10.5 Å². The Balaban J connectivity index is 2.93. The summed E-state index contributed by atoms with van der Waals surface area (Å²) >= 11 is 0. The van der Waals surface area contributed by atoms with E-state index in [1.807, 2.05) is 0 Å². The van der Waals surface area contributed by atoms with Crippen LogP contribution >= 0.6 is 0 Å². The smallest absolute Gasteiger partial charge is 0.271 e. The van der Waals surface area contributed by atoms with Crippen LogP contribution in [-0.4, -0.2) is 30.8 Å². The number of aliphatic hydroxyl groups excluding tert-OH is 1. The average Bonchev–Trinajstić information content (AvgIpc) is 2.29. The van der Waals surface area contributed by atoms with Crippen LogP contribution in [0, 0.1) is 0 Å². The van der Waals surface area contributed by atoms with Gasteiger partial charge in [0.1, 0.15) is 11.9 Å². The van der Waals surface area contributed by atoms with Gasteiger partial charge in [-0.05, 0) is 17.7 Å². The highest BCUT2D eigenvalue weighted by Gasteiger charge is 2.38. The molecular formula is C12H17F2NO2. The number of rotatable bonds is 5. The maximum absolute atomic E-state index is 13.1. The SMILES string of the molecule is COc1ccc(C(CN)C(O)C(C)(F)F)cc1. The lowest BCUT2D eigenvalue weighted by Crippen LogP contribution is -2.38. The minimum atomic E-state index is -3.18. The van der Waals surface area contributed by atoms with Gasteiger partial charge in [0.25, 0.3) is 5.92 Å². The summed E-state index contributed by atoms with van der Waals surface area (Å²) in [7, 11) is 1.52. The predicted molar refractivity (Wildman–Crippen MR) is 61.4 cm³/mol. The number of hydrogen-bond donors (Lipinski definition) is 2. The van der Waals surface area contributed by atoms with Gasteiger partial charge in [0, 0.05) is 19.4 Å². The molecule has 1 rings (SSSR count). The number of benzene rings is 1. The number of halogens is 2. The summed E-state index contributed by atoms with van der Waals surface area (Å²) in [6.45, 7) is 0.640. The molecule has 17 heavy (non-hydrogen) atoms. The van der Waals surface area contributed by atoms with Crippen LogP contribution in [-0.2, 0) is 0 Å². The van der Waals surface area contributed by atoms with Gasteiger partial charge in [-0.3, -0.25) is 0 Å². The molecule has 0 saturated heterocycles. The zero-order chi connectivity index (χ0) is 13.1. The summed E-state index contributed by atoms with van der Waals surface area (Å²) in [5.74, 6) is -3.34. The van der Waals surface area contributed by atoms with E-state index in [1.54, 1.807) is 24.3 Å². The zero-order valence-corrected chi connectivity index (χ0v) is 9.86. The van der Waals surface area contributed by atoms with Crippen LogP contribution in [0.1, 0.15) is 18.4 Å². The fraction of sp³-hybridized carbons (Fsp3) is 0.500. The number of hydrogen-bond acceptors (Lipinski definition) is 3. The van der Waals surface area contributed by atoms with Gasteiger partial charge in [0.2, 0.25) is 0 Å². The second-order valence-corrected chi connectivity index (χ2v) is 4.02. The molecule has 0 aliphatic carbocycles. The van der Waals surface area contributed by atoms with Gasteiger partial charge in [-0.25, -0.2) is 8.78 Å². The quantitative estimate of drug-likeness (QED) is 0.831. The average molecular weight is 245 g/mol. The highest BCUT2D eigenvalue weighted by molar-refractivity contribution is 5.30. The molecule has 0 heterocycles. The molecule has 1 aromatic carbocycles. The summed E-state index contributed by atoms with van der Waals surface area (Å²) in [4.78, 5) is 0. The molecule has 0 aromatic heterocycles. The molecule has 0 bridgehead atoms. The Kier molecular flexibility index (Phi) is 4.42. The lowest BCUT2D eigenvalue weighted by molar-refractivity contribution is -0.103. The Morgan fingerprint density at radius 2 is 1.88 bits per heavy atom. The monoisotopic (exact) mass is 245 g/mol. The lowest BCUT2D eigenvalue weighted by atomic mass is 9.90. The Labute approximate surface area is 99.2 Å². The number of ether oxygens (including phenoxy) is 1. The van der Waals surface area contributed by atoms with Gasteiger partial charge in [-0.15, -0.1) is 0 Å². The fourth-order valence-corrected chi connectivity index (χ4v) is 1.65. The van der Waals surface area contributed by atoms with Crippen molar-refractivity contribution in [3.63, 3.8) is 0 Å². The van der Waals surface area contributed by atoms with Crippen LogP contribution in [0.5, 0.6) is 5.75 Å². The second-order valence-electron chi connectivity index (χ2n) is 4.02. The Hall–Kier alpha value is -1.20. The summed E-state index contributed by atoms with van der Waals surface area (Å²) in [5.41, 5.74) is 6.02. The van der Waals surface area contributed by atoms with Crippen molar-refractivity contribution in [2.75, 3.05) is 13.7 Å². The lowest BCUT2D eigenvalue weighted by Gasteiger charge is -2.26. The first kappa shape index (κ1) is 13.9. The first-order valence-electron chi connectivity index (χ1n) is 5.30. The van der Waals surface area contributed by atoms with Crippen LogP contribution in [0.3, 0.4) is 0 Å². The van der Waals surface area contributed by atoms with Crippen LogP contribution < -0.4 is 10.5 Å². The second kappa shape index (κ2) is 5.42. The summed E-state index contributed by atoms with van der Waals surface area (Å²) in [6, 6.07) is 6.56. The first-order chi connectivity index (χ1) is 7.90. The van der Waals surface area contributed by atoms with Gasteiger partial charge in [-0.2, -0.15) is 0 Å². The first-order valence-corrected chi connectivity index (χ1v) is 5.30. The number of alkyl halides is 2. The van der Waals surface area contributed by atoms with E-state index in [2.05, 4.69) is 0 Å². The molecule has 96 valence electrons. The van der Waals surface area contributed by atoms with E-state index in [0.717, 1.165) is 0 Å². The van der Waals surface area contributed by atoms with Crippen molar-refractivity contribution in [1.82, 2.24) is 0 Å². The highest BCUT2D eigenvalue weighted by atomic mass is 19.3. The molecule has 0 fully saturated rings. The Bertz CT molecular complexity index is 349. The molecule has 5 heteroatoms. The van der Waals surface area contributed by atoms with E-state index < -0.39 is 17.9 Å². The maximum Gasteiger partial charge on any atom is 0.271 e. The fourth-order valence-electron chi connectivity index (χ4n) is 1.65. The Morgan fingerprint density at radius 3 is 2.24 bits per heavy atom. The third-order valence-electron chi connectivity index (χ3n) is 2.70. The van der Waals surface area contributed by atoms with E-state index in [9.17, 15) is 13.9 Å². The van der Waals surface area contributed by atoms with Crippen molar-refractivity contribution in [2.45, 2.75) is 24.9 Å². The normalized spacial score (nSPS) is 15.4. The summed E-state index contributed by atoms with van der Waals surface area (Å²) in [5, 5.41) is 9.56. The van der Waals surface area contributed by atoms with Crippen molar-refractivity contribution >= 4 is 0 Å². The molecule has 0 spiro atoms. The third kappa shape index (κ3) is 3.38. The molecule has 2 unspecified atom stereocenters. The van der Waals surface area contributed by atoms with E-state index in [1.165, 1.54) is 7.11 Å². The summed E-state index contributed by atoms with van der Waals surface area (Å²) in [6.07, 6.45) is -1.79. The largest absolute Gasteiger partial charge is 0.497 e. The van der Waals surface area contributed by atoms with Gasteiger partial charge in [-0.1, -0.05) is 12.1 Å². The Morgan fingerprint density at radius 1 is 1.35 bits per heavy atom. The minimum absolute atomic E-state index is 0.0447. The molecule has 0 saturated carbocycles. The zero-order valence-electron chi connectivity index (χ0n) is 9.86. The van der Waals surface area contributed by atoms with E-state index >= 15 is 0 Å². The topological polar surface area (TPSA) is 55.5 Å². The minimum Gasteiger partial charge on any atom is -0.497 e. The van der Waals surface area contributed by atoms with Crippen molar-refractivity contribution in [2.24, 2.45) is 5.73 Å². The molecular weight excluding hydrogens is 228 g/mol. The summed E-state index contributed by atoms with van der Waals surface area (Å²) < 4.78 is 31.1. The molecule has 0 radical (unpaired) electrons. The van der Waals surface area contributed by atoms with E-state index in [0.29, 0.717) is 18.2 Å². The highest BCUT2D eigenvalue weighted by Crippen LogP contribution is 2.30. The third-order valence-corrected chi connectivity index (χ3v) is 2.70. The standard InChI is InChI=1S/C12H17F2NO2/c1-12(13,14)11(16)10(7-15)8-3-5-9(17-2)6-4-8/h3-6,10-11,16H,7,15H2,1-2H3. The van der Waals surface area contributed by atoms with Crippen molar-refractivity contribution in [1.29, 1.82) is 0 Å².